The molecule has 0 fully saturated rings. The number of nitro benzene ring substituents is 1. The van der Waals surface area contributed by atoms with Crippen LogP contribution in [0.1, 0.15) is 18.1 Å². The third-order valence-electron chi connectivity index (χ3n) is 2.31. The Hall–Kier alpha value is -1.18. The maximum Gasteiger partial charge on any atom is 0.311 e. The molecule has 3 N–H and O–H groups in total. The van der Waals surface area contributed by atoms with E-state index in [4.69, 9.17) is 0 Å². The predicted octanol–water partition coefficient (Wildman–Crippen LogP) is 1.48. The number of hydrogen-bond donors (Lipinski definition) is 3. The molecule has 0 saturated heterocycles. The summed E-state index contributed by atoms with van der Waals surface area (Å²) in [6.45, 7) is 0. The van der Waals surface area contributed by atoms with Crippen LogP contribution in [0.5, 0.6) is 5.75 Å². The maximum absolute atomic E-state index is 10.6. The second kappa shape index (κ2) is 5.95. The molecular weight excluding hydrogens is 294 g/mol. The van der Waals surface area contributed by atoms with E-state index >= 15 is 0 Å². The first-order valence-corrected chi connectivity index (χ1v) is 5.99. The Labute approximate surface area is 106 Å². The summed E-state index contributed by atoms with van der Waals surface area (Å²) in [7, 11) is 0. The first-order valence-electron chi connectivity index (χ1n) is 4.86. The number of alkyl halides is 1. The Kier molecular flexibility index (Phi) is 4.86. The molecule has 0 aliphatic carbocycles. The van der Waals surface area contributed by atoms with Gasteiger partial charge in [0.15, 0.2) is 5.75 Å². The van der Waals surface area contributed by atoms with Gasteiger partial charge in [0.05, 0.1) is 11.0 Å². The number of nitro groups is 1. The smallest absolute Gasteiger partial charge is 0.311 e. The molecule has 17 heavy (non-hydrogen) atoms. The highest BCUT2D eigenvalue weighted by Gasteiger charge is 2.22. The summed E-state index contributed by atoms with van der Waals surface area (Å²) in [6.07, 6.45) is -1.92. The highest BCUT2D eigenvalue weighted by atomic mass is 79.9. The third-order valence-corrected chi connectivity index (χ3v) is 2.76. The lowest BCUT2D eigenvalue weighted by atomic mass is 10.0. The fourth-order valence-corrected chi connectivity index (χ4v) is 1.83. The molecule has 2 unspecified atom stereocenters. The van der Waals surface area contributed by atoms with Crippen molar-refractivity contribution in [2.24, 2.45) is 0 Å². The van der Waals surface area contributed by atoms with Crippen molar-refractivity contribution in [1.29, 1.82) is 0 Å². The van der Waals surface area contributed by atoms with Crippen molar-refractivity contribution in [1.82, 2.24) is 0 Å². The summed E-state index contributed by atoms with van der Waals surface area (Å²) in [5.74, 6) is -0.471. The van der Waals surface area contributed by atoms with Crippen LogP contribution in [0.2, 0.25) is 0 Å². The number of benzene rings is 1. The summed E-state index contributed by atoms with van der Waals surface area (Å²) in [5.41, 5.74) is -0.296. The lowest BCUT2D eigenvalue weighted by Gasteiger charge is -2.17. The molecule has 6 nitrogen and oxygen atoms in total. The number of aliphatic hydroxyl groups excluding tert-OH is 2. The van der Waals surface area contributed by atoms with Gasteiger partial charge >= 0.3 is 5.69 Å². The molecule has 1 aromatic carbocycles. The average Bonchev–Trinajstić information content (AvgIpc) is 2.28. The fourth-order valence-electron chi connectivity index (χ4n) is 1.36. The molecule has 0 aliphatic rings. The van der Waals surface area contributed by atoms with Crippen LogP contribution in [0, 0.1) is 10.1 Å². The Morgan fingerprint density at radius 1 is 1.41 bits per heavy atom. The highest BCUT2D eigenvalue weighted by Crippen LogP contribution is 2.30. The number of hydrogen-bond acceptors (Lipinski definition) is 5. The molecule has 0 aliphatic heterocycles. The van der Waals surface area contributed by atoms with Crippen molar-refractivity contribution < 1.29 is 20.2 Å². The fraction of sp³-hybridized carbons (Fsp3) is 0.400. The van der Waals surface area contributed by atoms with Crippen LogP contribution in [0.25, 0.3) is 0 Å². The van der Waals surface area contributed by atoms with Crippen molar-refractivity contribution >= 4 is 21.6 Å². The predicted molar refractivity (Wildman–Crippen MR) is 64.1 cm³/mol. The Morgan fingerprint density at radius 2 is 2.06 bits per heavy atom. The number of halogens is 1. The third kappa shape index (κ3) is 3.39. The minimum Gasteiger partial charge on any atom is -0.502 e. The van der Waals surface area contributed by atoms with Crippen LogP contribution in [-0.4, -0.2) is 31.7 Å². The second-order valence-electron chi connectivity index (χ2n) is 3.50. The standard InChI is InChI=1S/C10H12BrNO5/c11-4-3-9(14)10(15)6-1-2-8(13)7(5-6)12(16)17/h1-2,5,9-10,13-15H,3-4H2. The van der Waals surface area contributed by atoms with Crippen molar-refractivity contribution in [2.75, 3.05) is 5.33 Å². The van der Waals surface area contributed by atoms with Gasteiger partial charge in [-0.3, -0.25) is 10.1 Å². The van der Waals surface area contributed by atoms with Crippen molar-refractivity contribution in [3.05, 3.63) is 33.9 Å². The van der Waals surface area contributed by atoms with Crippen LogP contribution >= 0.6 is 15.9 Å². The van der Waals surface area contributed by atoms with Gasteiger partial charge in [0.25, 0.3) is 0 Å². The van der Waals surface area contributed by atoms with Gasteiger partial charge in [-0.1, -0.05) is 22.0 Å². The lowest BCUT2D eigenvalue weighted by molar-refractivity contribution is -0.386. The van der Waals surface area contributed by atoms with E-state index in [2.05, 4.69) is 15.9 Å². The van der Waals surface area contributed by atoms with E-state index in [9.17, 15) is 25.4 Å². The Bertz CT molecular complexity index is 412. The maximum atomic E-state index is 10.6. The van der Waals surface area contributed by atoms with Crippen molar-refractivity contribution in [3.63, 3.8) is 0 Å². The molecule has 1 aromatic rings. The summed E-state index contributed by atoms with van der Waals surface area (Å²) in [4.78, 5) is 9.84. The largest absolute Gasteiger partial charge is 0.502 e. The van der Waals surface area contributed by atoms with E-state index in [-0.39, 0.29) is 5.56 Å². The van der Waals surface area contributed by atoms with E-state index in [1.807, 2.05) is 0 Å². The average molecular weight is 306 g/mol. The molecule has 0 aromatic heterocycles. The quantitative estimate of drug-likeness (QED) is 0.434. The zero-order valence-electron chi connectivity index (χ0n) is 8.78. The van der Waals surface area contributed by atoms with E-state index in [1.165, 1.54) is 6.07 Å². The number of phenols is 1. The molecule has 0 saturated carbocycles. The summed E-state index contributed by atoms with van der Waals surface area (Å²) < 4.78 is 0. The molecule has 0 bridgehead atoms. The second-order valence-corrected chi connectivity index (χ2v) is 4.29. The van der Waals surface area contributed by atoms with E-state index < -0.39 is 28.6 Å². The SMILES string of the molecule is O=[N+]([O-])c1cc(C(O)C(O)CCBr)ccc1O. The van der Waals surface area contributed by atoms with E-state index in [0.29, 0.717) is 11.8 Å². The van der Waals surface area contributed by atoms with Gasteiger partial charge in [-0.05, 0) is 18.1 Å². The summed E-state index contributed by atoms with van der Waals surface area (Å²) in [5, 5.41) is 39.6. The molecule has 0 spiro atoms. The van der Waals surface area contributed by atoms with Crippen LogP contribution in [0.3, 0.4) is 0 Å². The normalized spacial score (nSPS) is 14.3. The first-order chi connectivity index (χ1) is 7.97. The summed E-state index contributed by atoms with van der Waals surface area (Å²) in [6, 6.07) is 3.51. The molecule has 7 heteroatoms. The van der Waals surface area contributed by atoms with Gasteiger partial charge in [0.2, 0.25) is 0 Å². The minimum absolute atomic E-state index is 0.197. The van der Waals surface area contributed by atoms with Gasteiger partial charge < -0.3 is 15.3 Å². The molecule has 2 atom stereocenters. The van der Waals surface area contributed by atoms with Crippen LogP contribution in [0.4, 0.5) is 5.69 Å². The molecule has 1 rings (SSSR count). The number of rotatable bonds is 5. The first kappa shape index (κ1) is 13.9. The number of nitrogens with zero attached hydrogens (tertiary/aromatic N) is 1. The zero-order chi connectivity index (χ0) is 13.0. The monoisotopic (exact) mass is 305 g/mol. The van der Waals surface area contributed by atoms with Gasteiger partial charge in [-0.2, -0.15) is 0 Å². The molecule has 94 valence electrons. The lowest BCUT2D eigenvalue weighted by Crippen LogP contribution is -2.18. The van der Waals surface area contributed by atoms with Crippen molar-refractivity contribution in [3.8, 4) is 5.75 Å². The van der Waals surface area contributed by atoms with E-state index in [1.54, 1.807) is 0 Å². The highest BCUT2D eigenvalue weighted by molar-refractivity contribution is 9.09. The van der Waals surface area contributed by atoms with E-state index in [0.717, 1.165) is 12.1 Å². The molecule has 0 radical (unpaired) electrons. The van der Waals surface area contributed by atoms with Gasteiger partial charge in [-0.25, -0.2) is 0 Å². The van der Waals surface area contributed by atoms with Gasteiger partial charge in [0, 0.05) is 11.4 Å². The van der Waals surface area contributed by atoms with Crippen molar-refractivity contribution in [2.45, 2.75) is 18.6 Å². The van der Waals surface area contributed by atoms with Crippen LogP contribution in [-0.2, 0) is 0 Å². The minimum atomic E-state index is -1.22. The summed E-state index contributed by atoms with van der Waals surface area (Å²) >= 11 is 3.12. The van der Waals surface area contributed by atoms with Gasteiger partial charge in [-0.15, -0.1) is 0 Å². The van der Waals surface area contributed by atoms with Crippen LogP contribution < -0.4 is 0 Å². The van der Waals surface area contributed by atoms with Crippen LogP contribution in [0.15, 0.2) is 18.2 Å². The van der Waals surface area contributed by atoms with Gasteiger partial charge in [0.1, 0.15) is 6.10 Å². The Morgan fingerprint density at radius 3 is 2.59 bits per heavy atom. The topological polar surface area (TPSA) is 104 Å². The number of phenolic OH excluding ortho intramolecular Hbond substituents is 1. The molecule has 0 heterocycles. The molecule has 0 amide bonds. The zero-order valence-corrected chi connectivity index (χ0v) is 10.4. The number of aliphatic hydroxyl groups is 2. The number of aromatic hydroxyl groups is 1. The molecular formula is C10H12BrNO5. The Balaban J connectivity index is 2.99.